The first-order valence-corrected chi connectivity index (χ1v) is 15.9. The van der Waals surface area contributed by atoms with Gasteiger partial charge in [-0.15, -0.1) is 0 Å². The molecule has 1 N–H and O–H groups in total. The van der Waals surface area contributed by atoms with Gasteiger partial charge in [0.15, 0.2) is 11.5 Å². The molecule has 0 aliphatic carbocycles. The van der Waals surface area contributed by atoms with Crippen molar-refractivity contribution >= 4 is 0 Å². The van der Waals surface area contributed by atoms with Crippen LogP contribution in [0.4, 0.5) is 0 Å². The number of likely N-dealkylation sites (N-methyl/N-ethyl adjacent to an activating group) is 1. The lowest BCUT2D eigenvalue weighted by Gasteiger charge is -2.48. The molecule has 1 aliphatic heterocycles. The van der Waals surface area contributed by atoms with Gasteiger partial charge in [-0.25, -0.2) is 0 Å². The van der Waals surface area contributed by atoms with E-state index >= 15 is 0 Å². The van der Waals surface area contributed by atoms with Crippen molar-refractivity contribution < 1.29 is 47.9 Å². The highest BCUT2D eigenvalue weighted by molar-refractivity contribution is 5.47. The molecule has 8 heteroatoms. The number of hydrogen-bond donors (Lipinski definition) is 1. The largest absolute Gasteiger partial charge is 1.00 e. The Morgan fingerprint density at radius 2 is 1.62 bits per heavy atom. The maximum Gasteiger partial charge on any atom is 0.161 e. The Hall–Kier alpha value is -2.32. The molecule has 1 heterocycles. The van der Waals surface area contributed by atoms with Gasteiger partial charge < -0.3 is 47.9 Å². The van der Waals surface area contributed by atoms with E-state index in [0.29, 0.717) is 11.5 Å². The first kappa shape index (κ1) is 38.9. The number of halogens is 1. The summed E-state index contributed by atoms with van der Waals surface area (Å²) < 4.78 is 17.5. The van der Waals surface area contributed by atoms with Gasteiger partial charge in [-0.3, -0.25) is 0 Å². The quantitative estimate of drug-likeness (QED) is 0.176. The fourth-order valence-corrected chi connectivity index (χ4v) is 7.17. The summed E-state index contributed by atoms with van der Waals surface area (Å²) >= 11 is 0. The SMILES string of the molecule is COc1cc(CC[N+](C)(CCCC(C#N)(c2ccc(OC)c(OC)c2)C(C)C)CC2=CC(C)(C)N(O)C(C)(C)C2)ccc1C.[I-]. The van der Waals surface area contributed by atoms with Crippen molar-refractivity contribution in [3.05, 3.63) is 64.7 Å². The molecule has 0 spiro atoms. The average molecular weight is 734 g/mol. The molecule has 1 aliphatic rings. The summed E-state index contributed by atoms with van der Waals surface area (Å²) in [6, 6.07) is 15.1. The van der Waals surface area contributed by atoms with Crippen LogP contribution >= 0.6 is 0 Å². The Morgan fingerprint density at radius 1 is 0.978 bits per heavy atom. The summed E-state index contributed by atoms with van der Waals surface area (Å²) in [5, 5.41) is 23.1. The second kappa shape index (κ2) is 15.5. The van der Waals surface area contributed by atoms with Crippen LogP contribution in [0.25, 0.3) is 0 Å². The standard InChI is InChI=1S/C37H56N3O4.HI/c1-27(2)37(26-38,31-15-16-32(42-9)34(22-31)44-11)18-12-19-40(8,20-17-29-14-13-28(3)33(21-29)43-10)25-30-23-35(4,5)39(41)36(6,7)24-30;/h13-16,21-23,27,41H,12,17-20,24-25H2,1-11H3;1H/q+1;/p-1. The number of hydroxylamine groups is 2. The number of nitrogens with zero attached hydrogens (tertiary/aromatic N) is 3. The second-order valence-electron chi connectivity index (χ2n) is 14.4. The van der Waals surface area contributed by atoms with Crippen LogP contribution in [0.1, 0.15) is 77.5 Å². The number of ether oxygens (including phenoxy) is 3. The summed E-state index contributed by atoms with van der Waals surface area (Å²) in [4.78, 5) is 0. The molecule has 2 aromatic rings. The van der Waals surface area contributed by atoms with Crippen molar-refractivity contribution in [2.24, 2.45) is 5.92 Å². The van der Waals surface area contributed by atoms with Gasteiger partial charge in [-0.05, 0) is 100 Å². The first-order chi connectivity index (χ1) is 20.6. The summed E-state index contributed by atoms with van der Waals surface area (Å²) in [7, 11) is 7.34. The molecular formula is C37H56IN3O4. The molecule has 2 aromatic carbocycles. The highest BCUT2D eigenvalue weighted by Crippen LogP contribution is 2.41. The minimum Gasteiger partial charge on any atom is -1.00 e. The highest BCUT2D eigenvalue weighted by Gasteiger charge is 2.42. The molecular weight excluding hydrogens is 677 g/mol. The Balaban J connectivity index is 0.00000705. The van der Waals surface area contributed by atoms with E-state index in [-0.39, 0.29) is 35.4 Å². The van der Waals surface area contributed by atoms with Crippen molar-refractivity contribution in [3.63, 3.8) is 0 Å². The van der Waals surface area contributed by atoms with Crippen molar-refractivity contribution in [3.8, 4) is 23.3 Å². The Bertz CT molecular complexity index is 1370. The van der Waals surface area contributed by atoms with E-state index in [4.69, 9.17) is 14.2 Å². The van der Waals surface area contributed by atoms with Gasteiger partial charge in [-0.2, -0.15) is 10.3 Å². The molecule has 3 rings (SSSR count). The Labute approximate surface area is 289 Å². The predicted octanol–water partition coefficient (Wildman–Crippen LogP) is 4.49. The van der Waals surface area contributed by atoms with E-state index in [1.807, 2.05) is 18.2 Å². The van der Waals surface area contributed by atoms with Crippen molar-refractivity contribution in [2.45, 2.75) is 90.6 Å². The van der Waals surface area contributed by atoms with Crippen LogP contribution in [0.2, 0.25) is 0 Å². The molecule has 45 heavy (non-hydrogen) atoms. The van der Waals surface area contributed by atoms with E-state index in [1.165, 1.54) is 16.2 Å². The maximum atomic E-state index is 10.9. The van der Waals surface area contributed by atoms with Gasteiger partial charge in [-0.1, -0.05) is 38.1 Å². The predicted molar refractivity (Wildman–Crippen MR) is 178 cm³/mol. The number of hydrogen-bond acceptors (Lipinski definition) is 6. The third-order valence-electron chi connectivity index (χ3n) is 9.69. The molecule has 0 saturated heterocycles. The maximum absolute atomic E-state index is 10.9. The topological polar surface area (TPSA) is 75.0 Å². The van der Waals surface area contributed by atoms with Gasteiger partial charge in [0.25, 0.3) is 0 Å². The molecule has 250 valence electrons. The molecule has 0 radical (unpaired) electrons. The summed E-state index contributed by atoms with van der Waals surface area (Å²) in [5.74, 6) is 2.34. The molecule has 2 atom stereocenters. The Morgan fingerprint density at radius 3 is 2.18 bits per heavy atom. The van der Waals surface area contributed by atoms with Gasteiger partial charge in [0.2, 0.25) is 0 Å². The van der Waals surface area contributed by atoms with E-state index < -0.39 is 11.0 Å². The van der Waals surface area contributed by atoms with Crippen LogP contribution in [0.5, 0.6) is 17.2 Å². The molecule has 7 nitrogen and oxygen atoms in total. The monoisotopic (exact) mass is 733 g/mol. The highest BCUT2D eigenvalue weighted by atomic mass is 127. The molecule has 0 fully saturated rings. The second-order valence-corrected chi connectivity index (χ2v) is 14.4. The molecule has 2 unspecified atom stereocenters. The lowest BCUT2D eigenvalue weighted by atomic mass is 9.69. The van der Waals surface area contributed by atoms with Crippen molar-refractivity contribution in [2.75, 3.05) is 48.0 Å². The van der Waals surface area contributed by atoms with Crippen LogP contribution in [-0.2, 0) is 11.8 Å². The minimum absolute atomic E-state index is 0. The normalized spacial score (nSPS) is 18.5. The van der Waals surface area contributed by atoms with E-state index in [9.17, 15) is 10.5 Å². The summed E-state index contributed by atoms with van der Waals surface area (Å²) in [6.07, 6.45) is 5.60. The zero-order valence-corrected chi connectivity index (χ0v) is 31.6. The van der Waals surface area contributed by atoms with E-state index in [2.05, 4.69) is 85.9 Å². The third kappa shape index (κ3) is 8.94. The number of aryl methyl sites for hydroxylation is 1. The number of methoxy groups -OCH3 is 3. The summed E-state index contributed by atoms with van der Waals surface area (Å²) in [6.45, 7) is 17.5. The molecule has 0 amide bonds. The third-order valence-corrected chi connectivity index (χ3v) is 9.69. The average Bonchev–Trinajstić information content (AvgIpc) is 2.97. The smallest absolute Gasteiger partial charge is 0.161 e. The number of quaternary nitrogens is 1. The van der Waals surface area contributed by atoms with Gasteiger partial charge in [0, 0.05) is 12.0 Å². The fraction of sp³-hybridized carbons (Fsp3) is 0.595. The van der Waals surface area contributed by atoms with E-state index in [0.717, 1.165) is 66.7 Å². The fourth-order valence-electron chi connectivity index (χ4n) is 7.17. The number of benzene rings is 2. The Kier molecular flexibility index (Phi) is 13.4. The van der Waals surface area contributed by atoms with Gasteiger partial charge in [0.05, 0.1) is 58.5 Å². The number of rotatable bonds is 14. The van der Waals surface area contributed by atoms with Gasteiger partial charge >= 0.3 is 0 Å². The molecule has 0 saturated carbocycles. The first-order valence-electron chi connectivity index (χ1n) is 15.9. The van der Waals surface area contributed by atoms with Crippen LogP contribution < -0.4 is 38.2 Å². The van der Waals surface area contributed by atoms with Crippen LogP contribution in [0.15, 0.2) is 48.0 Å². The minimum atomic E-state index is -0.653. The molecule has 0 aromatic heterocycles. The zero-order chi connectivity index (χ0) is 32.9. The number of nitriles is 1. The van der Waals surface area contributed by atoms with Crippen LogP contribution in [-0.4, -0.2) is 73.8 Å². The lowest BCUT2D eigenvalue weighted by molar-refractivity contribution is -0.905. The van der Waals surface area contributed by atoms with Crippen molar-refractivity contribution in [1.29, 1.82) is 5.26 Å². The van der Waals surface area contributed by atoms with Crippen molar-refractivity contribution in [1.82, 2.24) is 5.06 Å². The van der Waals surface area contributed by atoms with Gasteiger partial charge in [0.1, 0.15) is 12.3 Å². The van der Waals surface area contributed by atoms with E-state index in [1.54, 1.807) is 21.3 Å². The molecule has 0 bridgehead atoms. The van der Waals surface area contributed by atoms with Crippen LogP contribution in [0, 0.1) is 24.2 Å². The zero-order valence-electron chi connectivity index (χ0n) is 29.5. The summed E-state index contributed by atoms with van der Waals surface area (Å²) in [5.41, 5.74) is 3.27. The van der Waals surface area contributed by atoms with Crippen LogP contribution in [0.3, 0.4) is 0 Å². The lowest BCUT2D eigenvalue weighted by Crippen LogP contribution is -3.00.